The fourth-order valence-corrected chi connectivity index (χ4v) is 2.50. The van der Waals surface area contributed by atoms with Crippen LogP contribution in [0.1, 0.15) is 12.8 Å². The molecule has 0 bridgehead atoms. The van der Waals surface area contributed by atoms with Crippen LogP contribution < -0.4 is 0 Å². The molecule has 0 N–H and O–H groups in total. The van der Waals surface area contributed by atoms with E-state index >= 15 is 0 Å². The molecule has 1 aliphatic carbocycles. The largest absolute Gasteiger partial charge is 0.247 e. The summed E-state index contributed by atoms with van der Waals surface area (Å²) in [5.41, 5.74) is 0.957. The zero-order chi connectivity index (χ0) is 11.7. The lowest BCUT2D eigenvalue weighted by Gasteiger charge is -2.02. The highest BCUT2D eigenvalue weighted by atomic mass is 32.2. The molecule has 0 spiro atoms. The van der Waals surface area contributed by atoms with Gasteiger partial charge in [-0.1, -0.05) is 6.08 Å². The molecule has 0 aliphatic heterocycles. The maximum absolute atomic E-state index is 4.42. The van der Waals surface area contributed by atoms with Gasteiger partial charge in [0, 0.05) is 12.3 Å². The molecular weight excluding hydrogens is 232 g/mol. The van der Waals surface area contributed by atoms with Crippen molar-refractivity contribution in [2.45, 2.75) is 24.4 Å². The summed E-state index contributed by atoms with van der Waals surface area (Å²) < 4.78 is 2.01. The molecular formula is C12H14N4S. The fraction of sp³-hybridized carbons (Fsp3) is 0.417. The SMILES string of the molecule is C=CCSc1ncnc2c1cnn2CC1CC1. The molecule has 3 rings (SSSR count). The van der Waals surface area contributed by atoms with Crippen LogP contribution in [0.25, 0.3) is 11.0 Å². The third kappa shape index (κ3) is 2.20. The summed E-state index contributed by atoms with van der Waals surface area (Å²) in [6.07, 6.45) is 8.03. The van der Waals surface area contributed by atoms with Crippen LogP contribution in [0.5, 0.6) is 0 Å². The van der Waals surface area contributed by atoms with E-state index in [1.807, 2.05) is 17.0 Å². The van der Waals surface area contributed by atoms with Gasteiger partial charge in [-0.15, -0.1) is 18.3 Å². The minimum absolute atomic E-state index is 0.803. The molecule has 2 aromatic rings. The number of aromatic nitrogens is 4. The van der Waals surface area contributed by atoms with Gasteiger partial charge in [-0.25, -0.2) is 14.6 Å². The first-order valence-corrected chi connectivity index (χ1v) is 6.77. The van der Waals surface area contributed by atoms with E-state index in [2.05, 4.69) is 21.6 Å². The van der Waals surface area contributed by atoms with Crippen molar-refractivity contribution < 1.29 is 0 Å². The van der Waals surface area contributed by atoms with E-state index in [1.54, 1.807) is 18.1 Å². The number of nitrogens with zero attached hydrogens (tertiary/aromatic N) is 4. The number of thioether (sulfide) groups is 1. The van der Waals surface area contributed by atoms with Crippen LogP contribution in [0.4, 0.5) is 0 Å². The molecule has 2 heterocycles. The average Bonchev–Trinajstić information content (AvgIpc) is 3.07. The van der Waals surface area contributed by atoms with Crippen LogP contribution in [0.15, 0.2) is 30.2 Å². The molecule has 1 fully saturated rings. The average molecular weight is 246 g/mol. The van der Waals surface area contributed by atoms with Gasteiger partial charge in [-0.05, 0) is 18.8 Å². The first kappa shape index (κ1) is 10.8. The van der Waals surface area contributed by atoms with E-state index in [1.165, 1.54) is 12.8 Å². The smallest absolute Gasteiger partial charge is 0.162 e. The Balaban J connectivity index is 1.95. The summed E-state index contributed by atoms with van der Waals surface area (Å²) in [7, 11) is 0. The van der Waals surface area contributed by atoms with Crippen LogP contribution in [-0.4, -0.2) is 25.5 Å². The van der Waals surface area contributed by atoms with Crippen molar-refractivity contribution >= 4 is 22.8 Å². The Hall–Kier alpha value is -1.36. The molecule has 5 heteroatoms. The Morgan fingerprint density at radius 2 is 2.35 bits per heavy atom. The summed E-state index contributed by atoms with van der Waals surface area (Å²) in [6, 6.07) is 0. The molecule has 17 heavy (non-hydrogen) atoms. The molecule has 2 aromatic heterocycles. The van der Waals surface area contributed by atoms with Crippen molar-refractivity contribution in [2.24, 2.45) is 5.92 Å². The number of fused-ring (bicyclic) bond motifs is 1. The van der Waals surface area contributed by atoms with Crippen LogP contribution in [0.2, 0.25) is 0 Å². The summed E-state index contributed by atoms with van der Waals surface area (Å²) in [5.74, 6) is 1.66. The maximum Gasteiger partial charge on any atom is 0.162 e. The third-order valence-corrected chi connectivity index (χ3v) is 3.86. The predicted molar refractivity (Wildman–Crippen MR) is 69.0 cm³/mol. The highest BCUT2D eigenvalue weighted by molar-refractivity contribution is 7.99. The zero-order valence-corrected chi connectivity index (χ0v) is 10.4. The van der Waals surface area contributed by atoms with E-state index in [4.69, 9.17) is 0 Å². The van der Waals surface area contributed by atoms with Gasteiger partial charge < -0.3 is 0 Å². The first-order valence-electron chi connectivity index (χ1n) is 5.78. The van der Waals surface area contributed by atoms with Gasteiger partial charge in [0.05, 0.1) is 11.6 Å². The van der Waals surface area contributed by atoms with E-state index in [-0.39, 0.29) is 0 Å². The second kappa shape index (κ2) is 4.49. The summed E-state index contributed by atoms with van der Waals surface area (Å²) in [6.45, 7) is 4.72. The molecule has 0 saturated heterocycles. The molecule has 0 radical (unpaired) electrons. The lowest BCUT2D eigenvalue weighted by molar-refractivity contribution is 0.576. The van der Waals surface area contributed by atoms with Crippen LogP contribution >= 0.6 is 11.8 Å². The minimum atomic E-state index is 0.803. The van der Waals surface area contributed by atoms with Crippen LogP contribution in [-0.2, 0) is 6.54 Å². The van der Waals surface area contributed by atoms with Gasteiger partial charge in [0.15, 0.2) is 5.65 Å². The van der Waals surface area contributed by atoms with Gasteiger partial charge in [0.25, 0.3) is 0 Å². The Morgan fingerprint density at radius 1 is 1.47 bits per heavy atom. The molecule has 0 amide bonds. The summed E-state index contributed by atoms with van der Waals surface area (Å²) in [5, 5.41) is 6.47. The van der Waals surface area contributed by atoms with Crippen molar-refractivity contribution in [3.8, 4) is 0 Å². The van der Waals surface area contributed by atoms with Crippen molar-refractivity contribution in [3.63, 3.8) is 0 Å². The Bertz CT molecular complexity index is 544. The van der Waals surface area contributed by atoms with E-state index in [9.17, 15) is 0 Å². The van der Waals surface area contributed by atoms with Gasteiger partial charge in [-0.2, -0.15) is 5.10 Å². The van der Waals surface area contributed by atoms with Crippen molar-refractivity contribution in [1.29, 1.82) is 0 Å². The minimum Gasteiger partial charge on any atom is -0.247 e. The normalized spacial score (nSPS) is 15.3. The molecule has 0 atom stereocenters. The number of hydrogen-bond acceptors (Lipinski definition) is 4. The summed E-state index contributed by atoms with van der Waals surface area (Å²) >= 11 is 1.68. The molecule has 1 aliphatic rings. The lowest BCUT2D eigenvalue weighted by Crippen LogP contribution is -2.02. The van der Waals surface area contributed by atoms with E-state index < -0.39 is 0 Å². The van der Waals surface area contributed by atoms with Crippen LogP contribution in [0, 0.1) is 5.92 Å². The van der Waals surface area contributed by atoms with Crippen molar-refractivity contribution in [3.05, 3.63) is 25.2 Å². The van der Waals surface area contributed by atoms with E-state index in [0.717, 1.165) is 34.3 Å². The lowest BCUT2D eigenvalue weighted by atomic mass is 10.4. The molecule has 4 nitrogen and oxygen atoms in total. The number of rotatable bonds is 5. The quantitative estimate of drug-likeness (QED) is 0.462. The van der Waals surface area contributed by atoms with Gasteiger partial charge in [0.2, 0.25) is 0 Å². The molecule has 0 aromatic carbocycles. The van der Waals surface area contributed by atoms with Gasteiger partial charge in [-0.3, -0.25) is 0 Å². The van der Waals surface area contributed by atoms with Crippen molar-refractivity contribution in [1.82, 2.24) is 19.7 Å². The monoisotopic (exact) mass is 246 g/mol. The predicted octanol–water partition coefficient (Wildman–Crippen LogP) is 2.51. The second-order valence-electron chi connectivity index (χ2n) is 4.29. The standard InChI is InChI=1S/C12H14N4S/c1-2-5-17-12-10-6-15-16(7-9-3-4-9)11(10)13-8-14-12/h2,6,8-9H,1,3-5,7H2. The van der Waals surface area contributed by atoms with Gasteiger partial charge >= 0.3 is 0 Å². The third-order valence-electron chi connectivity index (χ3n) is 2.86. The Labute approximate surface area is 104 Å². The molecule has 0 unspecified atom stereocenters. The zero-order valence-electron chi connectivity index (χ0n) is 9.54. The fourth-order valence-electron chi connectivity index (χ4n) is 1.80. The Kier molecular flexibility index (Phi) is 2.84. The maximum atomic E-state index is 4.42. The molecule has 1 saturated carbocycles. The Morgan fingerprint density at radius 3 is 3.12 bits per heavy atom. The topological polar surface area (TPSA) is 43.6 Å². The van der Waals surface area contributed by atoms with Crippen LogP contribution in [0.3, 0.4) is 0 Å². The summed E-state index contributed by atoms with van der Waals surface area (Å²) in [4.78, 5) is 8.64. The molecule has 88 valence electrons. The first-order chi connectivity index (χ1) is 8.38. The van der Waals surface area contributed by atoms with Crippen molar-refractivity contribution in [2.75, 3.05) is 5.75 Å². The highest BCUT2D eigenvalue weighted by Gasteiger charge is 2.23. The second-order valence-corrected chi connectivity index (χ2v) is 5.29. The number of hydrogen-bond donors (Lipinski definition) is 0. The van der Waals surface area contributed by atoms with E-state index in [0.29, 0.717) is 0 Å². The van der Waals surface area contributed by atoms with Gasteiger partial charge in [0.1, 0.15) is 11.4 Å². The highest BCUT2D eigenvalue weighted by Crippen LogP contribution is 2.32.